The molecular weight excluding hydrogens is 426 g/mol. The topological polar surface area (TPSA) is 92.5 Å². The van der Waals surface area contributed by atoms with Gasteiger partial charge in [0.1, 0.15) is 5.82 Å². The van der Waals surface area contributed by atoms with E-state index in [1.807, 2.05) is 41.8 Å². The SMILES string of the molecule is O=C(c1ccc([N+](=O)[O-])cc1)N1CCN(c2nc(-c3cccs3)nc3ccccc23)CC1. The molecule has 0 unspecified atom stereocenters. The Morgan fingerprint density at radius 2 is 1.69 bits per heavy atom. The molecule has 1 fully saturated rings. The van der Waals surface area contributed by atoms with Crippen molar-refractivity contribution < 1.29 is 9.72 Å². The zero-order valence-electron chi connectivity index (χ0n) is 17.0. The van der Waals surface area contributed by atoms with Crippen LogP contribution in [0.25, 0.3) is 21.6 Å². The summed E-state index contributed by atoms with van der Waals surface area (Å²) in [7, 11) is 0. The third kappa shape index (κ3) is 3.78. The quantitative estimate of drug-likeness (QED) is 0.345. The number of rotatable bonds is 4. The zero-order chi connectivity index (χ0) is 22.1. The number of nitrogens with zero attached hydrogens (tertiary/aromatic N) is 5. The number of thiophene rings is 1. The second-order valence-electron chi connectivity index (χ2n) is 7.45. The summed E-state index contributed by atoms with van der Waals surface area (Å²) in [6, 6.07) is 17.7. The van der Waals surface area contributed by atoms with Crippen molar-refractivity contribution in [2.24, 2.45) is 0 Å². The predicted octanol–water partition coefficient (Wildman–Crippen LogP) is 4.23. The Kier molecular flexibility index (Phi) is 5.24. The Morgan fingerprint density at radius 3 is 2.38 bits per heavy atom. The molecule has 1 aliphatic heterocycles. The maximum atomic E-state index is 12.9. The fourth-order valence-electron chi connectivity index (χ4n) is 3.85. The number of anilines is 1. The van der Waals surface area contributed by atoms with E-state index in [-0.39, 0.29) is 11.6 Å². The largest absolute Gasteiger partial charge is 0.352 e. The van der Waals surface area contributed by atoms with Crippen LogP contribution in [-0.4, -0.2) is 51.9 Å². The molecule has 9 heteroatoms. The molecule has 4 aromatic rings. The van der Waals surface area contributed by atoms with E-state index < -0.39 is 4.92 Å². The average molecular weight is 446 g/mol. The van der Waals surface area contributed by atoms with Gasteiger partial charge in [-0.05, 0) is 35.7 Å². The number of hydrogen-bond acceptors (Lipinski definition) is 7. The van der Waals surface area contributed by atoms with Gasteiger partial charge in [0.2, 0.25) is 0 Å². The van der Waals surface area contributed by atoms with E-state index in [0.717, 1.165) is 21.6 Å². The minimum Gasteiger partial charge on any atom is -0.352 e. The van der Waals surface area contributed by atoms with E-state index in [2.05, 4.69) is 4.90 Å². The van der Waals surface area contributed by atoms with E-state index in [4.69, 9.17) is 9.97 Å². The standard InChI is InChI=1S/C23H19N5O3S/c29-23(16-7-9-17(10-8-16)28(30)31)27-13-11-26(12-14-27)22-18-4-1-2-5-19(18)24-21(25-22)20-6-3-15-32-20/h1-10,15H,11-14H2. The molecule has 8 nitrogen and oxygen atoms in total. The zero-order valence-corrected chi connectivity index (χ0v) is 17.9. The number of piperazine rings is 1. The summed E-state index contributed by atoms with van der Waals surface area (Å²) < 4.78 is 0. The van der Waals surface area contributed by atoms with Gasteiger partial charge < -0.3 is 9.80 Å². The van der Waals surface area contributed by atoms with Crippen LogP contribution in [0.1, 0.15) is 10.4 Å². The lowest BCUT2D eigenvalue weighted by molar-refractivity contribution is -0.384. The van der Waals surface area contributed by atoms with Crippen molar-refractivity contribution in [3.8, 4) is 10.7 Å². The molecule has 3 heterocycles. The van der Waals surface area contributed by atoms with Crippen LogP contribution in [0.2, 0.25) is 0 Å². The number of amides is 1. The minimum atomic E-state index is -0.469. The Bertz CT molecular complexity index is 1280. The van der Waals surface area contributed by atoms with Gasteiger partial charge in [0.25, 0.3) is 11.6 Å². The summed E-state index contributed by atoms with van der Waals surface area (Å²) in [6.07, 6.45) is 0. The second-order valence-corrected chi connectivity index (χ2v) is 8.40. The Labute approximate surface area is 187 Å². The smallest absolute Gasteiger partial charge is 0.269 e. The summed E-state index contributed by atoms with van der Waals surface area (Å²) in [6.45, 7) is 2.37. The van der Waals surface area contributed by atoms with Gasteiger partial charge in [-0.15, -0.1) is 11.3 Å². The molecule has 0 atom stereocenters. The van der Waals surface area contributed by atoms with Crippen LogP contribution in [0.15, 0.2) is 66.0 Å². The van der Waals surface area contributed by atoms with Gasteiger partial charge in [-0.3, -0.25) is 14.9 Å². The molecule has 1 aliphatic rings. The molecule has 0 spiro atoms. The van der Waals surface area contributed by atoms with Gasteiger partial charge in [0.15, 0.2) is 5.82 Å². The van der Waals surface area contributed by atoms with Crippen molar-refractivity contribution in [1.29, 1.82) is 0 Å². The number of hydrogen-bond donors (Lipinski definition) is 0. The molecule has 5 rings (SSSR count). The van der Waals surface area contributed by atoms with Gasteiger partial charge in [0, 0.05) is 49.3 Å². The van der Waals surface area contributed by atoms with E-state index in [9.17, 15) is 14.9 Å². The van der Waals surface area contributed by atoms with Gasteiger partial charge >= 0.3 is 0 Å². The predicted molar refractivity (Wildman–Crippen MR) is 124 cm³/mol. The van der Waals surface area contributed by atoms with E-state index in [1.165, 1.54) is 24.3 Å². The molecule has 1 amide bonds. The van der Waals surface area contributed by atoms with Gasteiger partial charge in [-0.2, -0.15) is 0 Å². The van der Waals surface area contributed by atoms with Crippen LogP contribution in [0.3, 0.4) is 0 Å². The first-order valence-corrected chi connectivity index (χ1v) is 11.1. The van der Waals surface area contributed by atoms with Crippen molar-refractivity contribution in [2.75, 3.05) is 31.1 Å². The minimum absolute atomic E-state index is 0.0245. The molecule has 0 bridgehead atoms. The third-order valence-electron chi connectivity index (χ3n) is 5.52. The molecule has 1 saturated heterocycles. The van der Waals surface area contributed by atoms with Crippen molar-refractivity contribution in [3.63, 3.8) is 0 Å². The van der Waals surface area contributed by atoms with Crippen LogP contribution < -0.4 is 4.90 Å². The molecule has 0 saturated carbocycles. The summed E-state index contributed by atoms with van der Waals surface area (Å²) in [5.74, 6) is 1.46. The maximum Gasteiger partial charge on any atom is 0.269 e. The van der Waals surface area contributed by atoms with Crippen molar-refractivity contribution >= 4 is 39.7 Å². The lowest BCUT2D eigenvalue weighted by Crippen LogP contribution is -2.49. The first kappa shape index (κ1) is 20.1. The third-order valence-corrected chi connectivity index (χ3v) is 6.38. The summed E-state index contributed by atoms with van der Waals surface area (Å²) in [5, 5.41) is 13.8. The Balaban J connectivity index is 1.37. The number of benzene rings is 2. The van der Waals surface area contributed by atoms with E-state index in [0.29, 0.717) is 37.6 Å². The monoisotopic (exact) mass is 445 g/mol. The summed E-state index contributed by atoms with van der Waals surface area (Å²) >= 11 is 1.61. The van der Waals surface area contributed by atoms with Gasteiger partial charge in [-0.1, -0.05) is 18.2 Å². The van der Waals surface area contributed by atoms with Crippen molar-refractivity contribution in [1.82, 2.24) is 14.9 Å². The number of nitro benzene ring substituents is 1. The number of para-hydroxylation sites is 1. The number of fused-ring (bicyclic) bond motifs is 1. The Morgan fingerprint density at radius 1 is 0.938 bits per heavy atom. The van der Waals surface area contributed by atoms with Crippen LogP contribution in [0, 0.1) is 10.1 Å². The lowest BCUT2D eigenvalue weighted by atomic mass is 10.1. The highest BCUT2D eigenvalue weighted by Gasteiger charge is 2.25. The molecule has 0 N–H and O–H groups in total. The first-order valence-electron chi connectivity index (χ1n) is 10.2. The molecule has 2 aromatic heterocycles. The summed E-state index contributed by atoms with van der Waals surface area (Å²) in [5.41, 5.74) is 1.32. The van der Waals surface area contributed by atoms with Crippen LogP contribution in [0.4, 0.5) is 11.5 Å². The van der Waals surface area contributed by atoms with Crippen LogP contribution in [0.5, 0.6) is 0 Å². The molecule has 32 heavy (non-hydrogen) atoms. The summed E-state index contributed by atoms with van der Waals surface area (Å²) in [4.78, 5) is 37.8. The number of carbonyl (C=O) groups is 1. The average Bonchev–Trinajstić information content (AvgIpc) is 3.38. The van der Waals surface area contributed by atoms with Gasteiger partial charge in [0.05, 0.1) is 15.3 Å². The van der Waals surface area contributed by atoms with Crippen LogP contribution >= 0.6 is 11.3 Å². The molecular formula is C23H19N5O3S. The highest BCUT2D eigenvalue weighted by atomic mass is 32.1. The highest BCUT2D eigenvalue weighted by molar-refractivity contribution is 7.13. The highest BCUT2D eigenvalue weighted by Crippen LogP contribution is 2.30. The van der Waals surface area contributed by atoms with E-state index in [1.54, 1.807) is 16.2 Å². The van der Waals surface area contributed by atoms with E-state index >= 15 is 0 Å². The Hall–Kier alpha value is -3.85. The first-order chi connectivity index (χ1) is 15.6. The van der Waals surface area contributed by atoms with Crippen molar-refractivity contribution in [3.05, 3.63) is 81.7 Å². The molecule has 160 valence electrons. The number of nitro groups is 1. The van der Waals surface area contributed by atoms with Gasteiger partial charge in [-0.25, -0.2) is 9.97 Å². The number of aromatic nitrogens is 2. The second kappa shape index (κ2) is 8.35. The number of non-ortho nitro benzene ring substituents is 1. The van der Waals surface area contributed by atoms with Crippen molar-refractivity contribution in [2.45, 2.75) is 0 Å². The van der Waals surface area contributed by atoms with Crippen LogP contribution in [-0.2, 0) is 0 Å². The molecule has 2 aromatic carbocycles. The molecule has 0 aliphatic carbocycles. The fourth-order valence-corrected chi connectivity index (χ4v) is 4.50. The number of carbonyl (C=O) groups excluding carboxylic acids is 1. The molecule has 0 radical (unpaired) electrons. The maximum absolute atomic E-state index is 12.9. The lowest BCUT2D eigenvalue weighted by Gasteiger charge is -2.36. The normalized spacial score (nSPS) is 14.0. The fraction of sp³-hybridized carbons (Fsp3) is 0.174.